The van der Waals surface area contributed by atoms with E-state index in [4.69, 9.17) is 5.26 Å². The van der Waals surface area contributed by atoms with Gasteiger partial charge in [0, 0.05) is 0 Å². The zero-order chi connectivity index (χ0) is 8.85. The smallest absolute Gasteiger partial charge is 0.0976 e. The van der Waals surface area contributed by atoms with Crippen molar-refractivity contribution < 1.29 is 0 Å². The van der Waals surface area contributed by atoms with Gasteiger partial charge in [0.25, 0.3) is 0 Å². The summed E-state index contributed by atoms with van der Waals surface area (Å²) in [5.74, 6) is 1.12. The lowest BCUT2D eigenvalue weighted by Crippen LogP contribution is -2.31. The second-order valence-electron chi connectivity index (χ2n) is 3.50. The summed E-state index contributed by atoms with van der Waals surface area (Å²) in [6, 6.07) is 2.26. The molecule has 2 heteroatoms. The van der Waals surface area contributed by atoms with Crippen LogP contribution in [0.1, 0.15) is 27.2 Å². The maximum Gasteiger partial charge on any atom is 0.0976 e. The van der Waals surface area contributed by atoms with Crippen LogP contribution in [-0.4, -0.2) is 13.1 Å². The standard InChI is InChI=1S/C9H18N2/c1-7(2)5-8(3)9(6-10)11-4/h7-9,11H,5H2,1-4H3. The highest BCUT2D eigenvalue weighted by atomic mass is 14.9. The van der Waals surface area contributed by atoms with Crippen molar-refractivity contribution in [2.24, 2.45) is 11.8 Å². The molecule has 0 aromatic carbocycles. The monoisotopic (exact) mass is 154 g/mol. The minimum absolute atomic E-state index is 0.0115. The molecule has 0 aromatic rings. The number of hydrogen-bond donors (Lipinski definition) is 1. The van der Waals surface area contributed by atoms with Gasteiger partial charge in [-0.05, 0) is 25.3 Å². The van der Waals surface area contributed by atoms with Gasteiger partial charge in [0.2, 0.25) is 0 Å². The third-order valence-electron chi connectivity index (χ3n) is 1.86. The Kier molecular flexibility index (Phi) is 4.89. The Morgan fingerprint density at radius 3 is 2.18 bits per heavy atom. The van der Waals surface area contributed by atoms with Crippen LogP contribution in [0.2, 0.25) is 0 Å². The van der Waals surface area contributed by atoms with Crippen LogP contribution in [0.15, 0.2) is 0 Å². The Labute approximate surface area is 69.6 Å². The van der Waals surface area contributed by atoms with E-state index in [2.05, 4.69) is 32.2 Å². The summed E-state index contributed by atoms with van der Waals surface area (Å²) in [7, 11) is 1.84. The van der Waals surface area contributed by atoms with E-state index in [9.17, 15) is 0 Å². The molecule has 0 spiro atoms. The van der Waals surface area contributed by atoms with Crippen molar-refractivity contribution in [3.05, 3.63) is 0 Å². The molecule has 11 heavy (non-hydrogen) atoms. The lowest BCUT2D eigenvalue weighted by atomic mass is 9.93. The van der Waals surface area contributed by atoms with Crippen molar-refractivity contribution in [3.8, 4) is 6.07 Å². The Hall–Kier alpha value is -0.550. The highest BCUT2D eigenvalue weighted by Crippen LogP contribution is 2.13. The summed E-state index contributed by atoms with van der Waals surface area (Å²) in [5.41, 5.74) is 0. The molecule has 1 N–H and O–H groups in total. The van der Waals surface area contributed by atoms with Crippen molar-refractivity contribution in [2.75, 3.05) is 7.05 Å². The SMILES string of the molecule is CNC(C#N)C(C)CC(C)C. The van der Waals surface area contributed by atoms with Gasteiger partial charge >= 0.3 is 0 Å². The second kappa shape index (κ2) is 5.15. The minimum Gasteiger partial charge on any atom is -0.305 e. The first-order valence-electron chi connectivity index (χ1n) is 4.18. The third kappa shape index (κ3) is 4.00. The normalized spacial score (nSPS) is 16.0. The number of rotatable bonds is 4. The predicted molar refractivity (Wildman–Crippen MR) is 47.1 cm³/mol. The highest BCUT2D eigenvalue weighted by Gasteiger charge is 2.14. The summed E-state index contributed by atoms with van der Waals surface area (Å²) in [6.07, 6.45) is 1.11. The van der Waals surface area contributed by atoms with Gasteiger partial charge in [-0.2, -0.15) is 5.26 Å². The molecule has 0 amide bonds. The van der Waals surface area contributed by atoms with Crippen molar-refractivity contribution in [1.82, 2.24) is 5.32 Å². The molecule has 0 aliphatic rings. The van der Waals surface area contributed by atoms with Gasteiger partial charge in [-0.3, -0.25) is 0 Å². The molecule has 0 aromatic heterocycles. The van der Waals surface area contributed by atoms with E-state index in [1.807, 2.05) is 7.05 Å². The van der Waals surface area contributed by atoms with Crippen molar-refractivity contribution in [1.29, 1.82) is 5.26 Å². The first-order valence-corrected chi connectivity index (χ1v) is 4.18. The van der Waals surface area contributed by atoms with Gasteiger partial charge in [-0.1, -0.05) is 20.8 Å². The van der Waals surface area contributed by atoms with Crippen LogP contribution in [0.5, 0.6) is 0 Å². The summed E-state index contributed by atoms with van der Waals surface area (Å²) < 4.78 is 0. The molecule has 0 saturated carbocycles. The van der Waals surface area contributed by atoms with Crippen LogP contribution in [0.25, 0.3) is 0 Å². The average Bonchev–Trinajstić information content (AvgIpc) is 1.88. The fourth-order valence-corrected chi connectivity index (χ4v) is 1.36. The van der Waals surface area contributed by atoms with Gasteiger partial charge in [0.05, 0.1) is 12.1 Å². The topological polar surface area (TPSA) is 35.8 Å². The molecule has 2 unspecified atom stereocenters. The van der Waals surface area contributed by atoms with Gasteiger partial charge in [-0.15, -0.1) is 0 Å². The molecule has 0 heterocycles. The van der Waals surface area contributed by atoms with Crippen molar-refractivity contribution in [2.45, 2.75) is 33.2 Å². The van der Waals surface area contributed by atoms with E-state index in [1.165, 1.54) is 0 Å². The number of hydrogen-bond acceptors (Lipinski definition) is 2. The fraction of sp³-hybridized carbons (Fsp3) is 0.889. The van der Waals surface area contributed by atoms with Crippen LogP contribution in [0.4, 0.5) is 0 Å². The molecular weight excluding hydrogens is 136 g/mol. The molecule has 0 fully saturated rings. The van der Waals surface area contributed by atoms with Crippen LogP contribution in [0, 0.1) is 23.2 Å². The van der Waals surface area contributed by atoms with Gasteiger partial charge < -0.3 is 5.32 Å². The van der Waals surface area contributed by atoms with Crippen LogP contribution in [-0.2, 0) is 0 Å². The summed E-state index contributed by atoms with van der Waals surface area (Å²) >= 11 is 0. The molecular formula is C9H18N2. The molecule has 0 aliphatic carbocycles. The summed E-state index contributed by atoms with van der Waals surface area (Å²) in [4.78, 5) is 0. The molecule has 0 radical (unpaired) electrons. The number of nitrogens with one attached hydrogen (secondary N) is 1. The highest BCUT2D eigenvalue weighted by molar-refractivity contribution is 4.92. The molecule has 64 valence electrons. The zero-order valence-corrected chi connectivity index (χ0v) is 7.89. The average molecular weight is 154 g/mol. The predicted octanol–water partition coefficient (Wildman–Crippen LogP) is 1.78. The lowest BCUT2D eigenvalue weighted by Gasteiger charge is -2.18. The van der Waals surface area contributed by atoms with E-state index in [0.29, 0.717) is 11.8 Å². The lowest BCUT2D eigenvalue weighted by molar-refractivity contribution is 0.382. The fourth-order valence-electron chi connectivity index (χ4n) is 1.36. The maximum atomic E-state index is 8.70. The van der Waals surface area contributed by atoms with E-state index >= 15 is 0 Å². The molecule has 0 aliphatic heterocycles. The first-order chi connectivity index (χ1) is 5.11. The molecule has 0 bridgehead atoms. The largest absolute Gasteiger partial charge is 0.305 e. The van der Waals surface area contributed by atoms with Crippen molar-refractivity contribution >= 4 is 0 Å². The van der Waals surface area contributed by atoms with Gasteiger partial charge in [-0.25, -0.2) is 0 Å². The molecule has 0 saturated heterocycles. The van der Waals surface area contributed by atoms with E-state index in [0.717, 1.165) is 6.42 Å². The van der Waals surface area contributed by atoms with Gasteiger partial charge in [0.15, 0.2) is 0 Å². The van der Waals surface area contributed by atoms with Crippen LogP contribution in [0.3, 0.4) is 0 Å². The first kappa shape index (κ1) is 10.4. The molecule has 0 rings (SSSR count). The number of nitrogens with zero attached hydrogens (tertiary/aromatic N) is 1. The van der Waals surface area contributed by atoms with Crippen molar-refractivity contribution in [3.63, 3.8) is 0 Å². The maximum absolute atomic E-state index is 8.70. The molecule has 2 atom stereocenters. The van der Waals surface area contributed by atoms with E-state index in [-0.39, 0.29) is 6.04 Å². The quantitative estimate of drug-likeness (QED) is 0.670. The molecule has 2 nitrogen and oxygen atoms in total. The Morgan fingerprint density at radius 1 is 1.36 bits per heavy atom. The second-order valence-corrected chi connectivity index (χ2v) is 3.50. The minimum atomic E-state index is 0.0115. The van der Waals surface area contributed by atoms with E-state index in [1.54, 1.807) is 0 Å². The van der Waals surface area contributed by atoms with Crippen LogP contribution >= 0.6 is 0 Å². The van der Waals surface area contributed by atoms with E-state index < -0.39 is 0 Å². The Morgan fingerprint density at radius 2 is 1.91 bits per heavy atom. The summed E-state index contributed by atoms with van der Waals surface area (Å²) in [6.45, 7) is 6.48. The zero-order valence-electron chi connectivity index (χ0n) is 7.89. The Balaban J connectivity index is 3.81. The van der Waals surface area contributed by atoms with Crippen LogP contribution < -0.4 is 5.32 Å². The van der Waals surface area contributed by atoms with Gasteiger partial charge in [0.1, 0.15) is 0 Å². The third-order valence-corrected chi connectivity index (χ3v) is 1.86. The Bertz CT molecular complexity index is 135. The summed E-state index contributed by atoms with van der Waals surface area (Å²) in [5, 5.41) is 11.7. The number of nitriles is 1.